The highest BCUT2D eigenvalue weighted by Gasteiger charge is 2.35. The Morgan fingerprint density at radius 3 is 2.49 bits per heavy atom. The second-order valence-corrected chi connectivity index (χ2v) is 10.1. The molecule has 2 aromatic heterocycles. The minimum atomic E-state index is -0.843. The Bertz CT molecular complexity index is 1910. The number of aryl methyl sites for hydroxylation is 2. The summed E-state index contributed by atoms with van der Waals surface area (Å²) in [6, 6.07) is 9.98. The van der Waals surface area contributed by atoms with E-state index in [0.717, 1.165) is 16.6 Å². The second-order valence-electron chi connectivity index (χ2n) is 9.06. The van der Waals surface area contributed by atoms with Crippen LogP contribution in [0, 0.1) is 0 Å². The molecule has 1 aliphatic rings. The molecular weight excluding hydrogens is 520 g/mol. The SMILES string of the molecule is CCOC(=O)C1=C(C)N=c2s/c(=C/c3ccc4c(c3)n(C)c(=O)n4C)c(=O)n2[C@@H]1c1cc(OC)ccc1OC. The Morgan fingerprint density at radius 1 is 1.05 bits per heavy atom. The maximum atomic E-state index is 14.0. The average molecular weight is 549 g/mol. The summed E-state index contributed by atoms with van der Waals surface area (Å²) in [5, 5.41) is 0. The topological polar surface area (TPSA) is 106 Å². The molecular formula is C28H28N4O6S. The minimum absolute atomic E-state index is 0.129. The van der Waals surface area contributed by atoms with Gasteiger partial charge in [0.15, 0.2) is 4.80 Å². The van der Waals surface area contributed by atoms with Crippen molar-refractivity contribution in [1.29, 1.82) is 0 Å². The van der Waals surface area contributed by atoms with Gasteiger partial charge in [0.2, 0.25) is 0 Å². The first-order valence-corrected chi connectivity index (χ1v) is 13.1. The number of hydrogen-bond acceptors (Lipinski definition) is 8. The van der Waals surface area contributed by atoms with E-state index in [4.69, 9.17) is 14.2 Å². The van der Waals surface area contributed by atoms with Crippen molar-refractivity contribution >= 4 is 34.4 Å². The normalized spacial score (nSPS) is 15.3. The van der Waals surface area contributed by atoms with Crippen LogP contribution in [0.15, 0.2) is 62.2 Å². The number of thiazole rings is 1. The van der Waals surface area contributed by atoms with E-state index in [9.17, 15) is 14.4 Å². The van der Waals surface area contributed by atoms with Crippen molar-refractivity contribution in [2.24, 2.45) is 19.1 Å². The van der Waals surface area contributed by atoms with E-state index in [1.54, 1.807) is 68.5 Å². The monoisotopic (exact) mass is 548 g/mol. The summed E-state index contributed by atoms with van der Waals surface area (Å²) in [4.78, 5) is 44.6. The van der Waals surface area contributed by atoms with Crippen LogP contribution in [0.4, 0.5) is 0 Å². The van der Waals surface area contributed by atoms with Crippen LogP contribution in [0.2, 0.25) is 0 Å². The third-order valence-electron chi connectivity index (χ3n) is 6.84. The first-order valence-electron chi connectivity index (χ1n) is 12.3. The highest BCUT2D eigenvalue weighted by atomic mass is 32.1. The van der Waals surface area contributed by atoms with Gasteiger partial charge in [-0.2, -0.15) is 0 Å². The van der Waals surface area contributed by atoms with Gasteiger partial charge in [0.05, 0.1) is 47.7 Å². The van der Waals surface area contributed by atoms with Gasteiger partial charge < -0.3 is 14.2 Å². The summed E-state index contributed by atoms with van der Waals surface area (Å²) in [6.07, 6.45) is 1.77. The average Bonchev–Trinajstić information content (AvgIpc) is 3.34. The molecule has 0 fully saturated rings. The van der Waals surface area contributed by atoms with E-state index in [0.29, 0.717) is 32.1 Å². The van der Waals surface area contributed by atoms with E-state index in [-0.39, 0.29) is 23.4 Å². The fraction of sp³-hybridized carbons (Fsp3) is 0.286. The quantitative estimate of drug-likeness (QED) is 0.342. The molecule has 0 radical (unpaired) electrons. The maximum Gasteiger partial charge on any atom is 0.338 e. The van der Waals surface area contributed by atoms with Crippen LogP contribution < -0.4 is 30.1 Å². The number of benzene rings is 2. The molecule has 3 heterocycles. The summed E-state index contributed by atoms with van der Waals surface area (Å²) in [6.45, 7) is 3.63. The number of esters is 1. The number of rotatable bonds is 6. The number of ether oxygens (including phenoxy) is 3. The molecule has 5 rings (SSSR count). The summed E-state index contributed by atoms with van der Waals surface area (Å²) in [5.41, 5.74) is 3.14. The van der Waals surface area contributed by atoms with Crippen molar-refractivity contribution in [1.82, 2.24) is 13.7 Å². The third kappa shape index (κ3) is 4.28. The minimum Gasteiger partial charge on any atom is -0.497 e. The van der Waals surface area contributed by atoms with Gasteiger partial charge in [0.25, 0.3) is 5.56 Å². The number of hydrogen-bond donors (Lipinski definition) is 0. The Labute approximate surface area is 227 Å². The van der Waals surface area contributed by atoms with Crippen molar-refractivity contribution in [2.45, 2.75) is 19.9 Å². The summed E-state index contributed by atoms with van der Waals surface area (Å²) >= 11 is 1.22. The lowest BCUT2D eigenvalue weighted by Gasteiger charge is -2.26. The molecule has 0 N–H and O–H groups in total. The van der Waals surface area contributed by atoms with Crippen molar-refractivity contribution in [3.63, 3.8) is 0 Å². The van der Waals surface area contributed by atoms with E-state index in [2.05, 4.69) is 4.99 Å². The van der Waals surface area contributed by atoms with Gasteiger partial charge in [0, 0.05) is 19.7 Å². The molecule has 1 aliphatic heterocycles. The summed E-state index contributed by atoms with van der Waals surface area (Å²) in [7, 11) is 6.51. The fourth-order valence-electron chi connectivity index (χ4n) is 4.90. The van der Waals surface area contributed by atoms with Gasteiger partial charge >= 0.3 is 11.7 Å². The molecule has 2 aromatic carbocycles. The molecule has 39 heavy (non-hydrogen) atoms. The highest BCUT2D eigenvalue weighted by molar-refractivity contribution is 7.07. The van der Waals surface area contributed by atoms with Crippen LogP contribution in [0.5, 0.6) is 11.5 Å². The lowest BCUT2D eigenvalue weighted by Crippen LogP contribution is -2.40. The van der Waals surface area contributed by atoms with Crippen LogP contribution in [-0.4, -0.2) is 40.5 Å². The first kappa shape index (κ1) is 26.2. The molecule has 0 spiro atoms. The van der Waals surface area contributed by atoms with Gasteiger partial charge in [-0.15, -0.1) is 0 Å². The van der Waals surface area contributed by atoms with Crippen molar-refractivity contribution < 1.29 is 19.0 Å². The lowest BCUT2D eigenvalue weighted by molar-refractivity contribution is -0.139. The summed E-state index contributed by atoms with van der Waals surface area (Å²) < 4.78 is 21.5. The van der Waals surface area contributed by atoms with Gasteiger partial charge in [-0.3, -0.25) is 18.5 Å². The summed E-state index contributed by atoms with van der Waals surface area (Å²) in [5.74, 6) is 0.480. The smallest absolute Gasteiger partial charge is 0.338 e. The molecule has 0 amide bonds. The number of fused-ring (bicyclic) bond motifs is 2. The van der Waals surface area contributed by atoms with Crippen LogP contribution in [0.3, 0.4) is 0 Å². The number of aromatic nitrogens is 3. The first-order chi connectivity index (χ1) is 18.7. The lowest BCUT2D eigenvalue weighted by atomic mass is 9.94. The molecule has 11 heteroatoms. The molecule has 0 unspecified atom stereocenters. The Kier molecular flexibility index (Phi) is 6.77. The maximum absolute atomic E-state index is 14.0. The molecule has 0 saturated heterocycles. The number of nitrogens with zero attached hydrogens (tertiary/aromatic N) is 4. The zero-order valence-corrected chi connectivity index (χ0v) is 23.3. The van der Waals surface area contributed by atoms with E-state index in [1.165, 1.54) is 23.0 Å². The van der Waals surface area contributed by atoms with E-state index in [1.807, 2.05) is 18.2 Å². The van der Waals surface area contributed by atoms with Crippen molar-refractivity contribution in [3.05, 3.63) is 89.0 Å². The van der Waals surface area contributed by atoms with Crippen LogP contribution in [0.1, 0.15) is 31.0 Å². The zero-order chi connectivity index (χ0) is 28.0. The van der Waals surface area contributed by atoms with Crippen LogP contribution in [0.25, 0.3) is 17.1 Å². The Morgan fingerprint density at radius 2 is 1.79 bits per heavy atom. The number of carbonyl (C=O) groups is 1. The third-order valence-corrected chi connectivity index (χ3v) is 7.83. The molecule has 10 nitrogen and oxygen atoms in total. The predicted molar refractivity (Wildman–Crippen MR) is 148 cm³/mol. The largest absolute Gasteiger partial charge is 0.497 e. The van der Waals surface area contributed by atoms with Crippen LogP contribution in [-0.2, 0) is 23.6 Å². The molecule has 0 bridgehead atoms. The zero-order valence-electron chi connectivity index (χ0n) is 22.5. The van der Waals surface area contributed by atoms with Crippen molar-refractivity contribution in [2.75, 3.05) is 20.8 Å². The molecule has 1 atom stereocenters. The number of imidazole rings is 1. The molecule has 202 valence electrons. The second kappa shape index (κ2) is 10.1. The van der Waals surface area contributed by atoms with Crippen LogP contribution >= 0.6 is 11.3 Å². The molecule has 0 saturated carbocycles. The molecule has 0 aliphatic carbocycles. The number of carbonyl (C=O) groups excluding carboxylic acids is 1. The Balaban J connectivity index is 1.76. The van der Waals surface area contributed by atoms with Crippen molar-refractivity contribution in [3.8, 4) is 11.5 Å². The fourth-order valence-corrected chi connectivity index (χ4v) is 5.95. The highest BCUT2D eigenvalue weighted by Crippen LogP contribution is 2.37. The molecule has 4 aromatic rings. The van der Waals surface area contributed by atoms with E-state index >= 15 is 0 Å². The predicted octanol–water partition coefficient (Wildman–Crippen LogP) is 2.01. The van der Waals surface area contributed by atoms with E-state index < -0.39 is 12.0 Å². The number of methoxy groups -OCH3 is 2. The van der Waals surface area contributed by atoms with Gasteiger partial charge in [0.1, 0.15) is 17.5 Å². The van der Waals surface area contributed by atoms with Gasteiger partial charge in [-0.25, -0.2) is 14.6 Å². The standard InChI is InChI=1S/C28H28N4O6S/c1-7-38-26(34)23-15(2)29-27-32(24(23)18-14-17(36-5)9-11-21(18)37-6)25(33)22(39-27)13-16-8-10-19-20(12-16)31(4)28(35)30(19)3/h8-14,24H,7H2,1-6H3/b22-13+/t24-/m1/s1. The Hall–Kier alpha value is -4.38. The van der Waals surface area contributed by atoms with Gasteiger partial charge in [-0.05, 0) is 55.8 Å². The number of allylic oxidation sites excluding steroid dienone is 1. The van der Waals surface area contributed by atoms with Gasteiger partial charge in [-0.1, -0.05) is 17.4 Å².